The molecule has 0 bridgehead atoms. The van der Waals surface area contributed by atoms with Gasteiger partial charge in [0.1, 0.15) is 0 Å². The zero-order valence-corrected chi connectivity index (χ0v) is 10.9. The first-order valence-electron chi connectivity index (χ1n) is 6.00. The van der Waals surface area contributed by atoms with Crippen LogP contribution in [0, 0.1) is 0 Å². The van der Waals surface area contributed by atoms with Crippen molar-refractivity contribution in [1.29, 1.82) is 0 Å². The Morgan fingerprint density at radius 3 is 3.00 bits per heavy atom. The molecule has 2 heterocycles. The van der Waals surface area contributed by atoms with Gasteiger partial charge in [0.15, 0.2) is 0 Å². The molecule has 0 radical (unpaired) electrons. The van der Waals surface area contributed by atoms with Crippen molar-refractivity contribution in [3.63, 3.8) is 0 Å². The number of nitrogens with zero attached hydrogens (tertiary/aromatic N) is 3. The highest BCUT2D eigenvalue weighted by Gasteiger charge is 2.06. The Balaban J connectivity index is 2.02. The molecule has 0 aliphatic carbocycles. The lowest BCUT2D eigenvalue weighted by Gasteiger charge is -1.94. The molecule has 2 aromatic heterocycles. The molecule has 0 saturated heterocycles. The van der Waals surface area contributed by atoms with Gasteiger partial charge in [0.2, 0.25) is 0 Å². The monoisotopic (exact) mass is 250 g/mol. The molecule has 2 rings (SSSR count). The number of aromatic nitrogens is 3. The molecule has 0 aliphatic rings. The van der Waals surface area contributed by atoms with Crippen LogP contribution in [0.1, 0.15) is 24.8 Å². The minimum atomic E-state index is 0.765. The van der Waals surface area contributed by atoms with Crippen LogP contribution in [-0.2, 0) is 13.0 Å². The van der Waals surface area contributed by atoms with Gasteiger partial charge in [0, 0.05) is 23.7 Å². The van der Waals surface area contributed by atoms with Crippen LogP contribution in [0.3, 0.4) is 0 Å². The highest BCUT2D eigenvalue weighted by atomic mass is 32.1. The van der Waals surface area contributed by atoms with E-state index >= 15 is 0 Å². The van der Waals surface area contributed by atoms with Crippen molar-refractivity contribution < 1.29 is 0 Å². The summed E-state index contributed by atoms with van der Waals surface area (Å²) < 4.78 is 1.92. The second-order valence-electron chi connectivity index (χ2n) is 3.96. The number of rotatable bonds is 6. The van der Waals surface area contributed by atoms with Crippen molar-refractivity contribution in [2.24, 2.45) is 5.73 Å². The second-order valence-corrected chi connectivity index (χ2v) is 4.90. The number of unbranched alkanes of at least 4 members (excludes halogenated alkanes) is 1. The molecule has 0 spiro atoms. The van der Waals surface area contributed by atoms with Crippen molar-refractivity contribution in [3.8, 4) is 11.3 Å². The first-order chi connectivity index (χ1) is 8.33. The fourth-order valence-electron chi connectivity index (χ4n) is 1.65. The summed E-state index contributed by atoms with van der Waals surface area (Å²) >= 11 is 1.72. The third-order valence-corrected chi connectivity index (χ3v) is 3.56. The topological polar surface area (TPSA) is 56.7 Å². The number of thiazole rings is 1. The number of nitrogens with two attached hydrogens (primary N) is 1. The SMILES string of the molecule is CCn1cc(-c2csc(CCCCN)n2)cn1. The molecule has 17 heavy (non-hydrogen) atoms. The Morgan fingerprint density at radius 1 is 1.41 bits per heavy atom. The highest BCUT2D eigenvalue weighted by Crippen LogP contribution is 2.22. The summed E-state index contributed by atoms with van der Waals surface area (Å²) in [5, 5.41) is 7.56. The zero-order valence-electron chi connectivity index (χ0n) is 10.1. The summed E-state index contributed by atoms with van der Waals surface area (Å²) in [4.78, 5) is 4.62. The van der Waals surface area contributed by atoms with Crippen LogP contribution in [0.15, 0.2) is 17.8 Å². The van der Waals surface area contributed by atoms with Crippen LogP contribution < -0.4 is 5.73 Å². The van der Waals surface area contributed by atoms with E-state index in [2.05, 4.69) is 22.4 Å². The molecule has 92 valence electrons. The van der Waals surface area contributed by atoms with Crippen LogP contribution in [0.2, 0.25) is 0 Å². The molecule has 0 fully saturated rings. The fourth-order valence-corrected chi connectivity index (χ4v) is 2.50. The summed E-state index contributed by atoms with van der Waals surface area (Å²) in [5.41, 5.74) is 7.62. The van der Waals surface area contributed by atoms with E-state index in [1.807, 2.05) is 17.1 Å². The van der Waals surface area contributed by atoms with E-state index < -0.39 is 0 Å². The molecule has 0 aromatic carbocycles. The minimum absolute atomic E-state index is 0.765. The van der Waals surface area contributed by atoms with E-state index in [-0.39, 0.29) is 0 Å². The standard InChI is InChI=1S/C12H18N4S/c1-2-16-8-10(7-14-16)11-9-17-12(15-11)5-3-4-6-13/h7-9H,2-6,13H2,1H3. The van der Waals surface area contributed by atoms with Gasteiger partial charge < -0.3 is 5.73 Å². The van der Waals surface area contributed by atoms with Crippen LogP contribution in [0.5, 0.6) is 0 Å². The number of aryl methyl sites for hydroxylation is 2. The van der Waals surface area contributed by atoms with Gasteiger partial charge in [-0.1, -0.05) is 0 Å². The Hall–Kier alpha value is -1.20. The minimum Gasteiger partial charge on any atom is -0.330 e. The second kappa shape index (κ2) is 5.93. The lowest BCUT2D eigenvalue weighted by Crippen LogP contribution is -1.98. The average Bonchev–Trinajstić information content (AvgIpc) is 2.97. The first kappa shape index (κ1) is 12.3. The van der Waals surface area contributed by atoms with Crippen molar-refractivity contribution in [1.82, 2.24) is 14.8 Å². The maximum atomic E-state index is 5.48. The predicted octanol–water partition coefficient (Wildman–Crippen LogP) is 2.31. The fraction of sp³-hybridized carbons (Fsp3) is 0.500. The molecule has 0 atom stereocenters. The number of hydrogen-bond donors (Lipinski definition) is 1. The van der Waals surface area contributed by atoms with Crippen LogP contribution >= 0.6 is 11.3 Å². The van der Waals surface area contributed by atoms with E-state index in [0.717, 1.165) is 43.6 Å². The van der Waals surface area contributed by atoms with Crippen molar-refractivity contribution in [3.05, 3.63) is 22.8 Å². The molecule has 0 aliphatic heterocycles. The van der Waals surface area contributed by atoms with Gasteiger partial charge in [-0.15, -0.1) is 11.3 Å². The molecule has 4 nitrogen and oxygen atoms in total. The Morgan fingerprint density at radius 2 is 2.29 bits per heavy atom. The van der Waals surface area contributed by atoms with Gasteiger partial charge >= 0.3 is 0 Å². The summed E-state index contributed by atoms with van der Waals surface area (Å²) in [5.74, 6) is 0. The van der Waals surface area contributed by atoms with Gasteiger partial charge in [-0.3, -0.25) is 4.68 Å². The van der Waals surface area contributed by atoms with E-state index in [1.54, 1.807) is 11.3 Å². The van der Waals surface area contributed by atoms with Crippen LogP contribution in [-0.4, -0.2) is 21.3 Å². The van der Waals surface area contributed by atoms with Crippen LogP contribution in [0.4, 0.5) is 0 Å². The summed E-state index contributed by atoms with van der Waals surface area (Å²) in [6.45, 7) is 3.74. The summed E-state index contributed by atoms with van der Waals surface area (Å²) in [6, 6.07) is 0. The van der Waals surface area contributed by atoms with Crippen molar-refractivity contribution in [2.75, 3.05) is 6.54 Å². The molecule has 0 unspecified atom stereocenters. The molecular formula is C12H18N4S. The summed E-state index contributed by atoms with van der Waals surface area (Å²) in [6.07, 6.45) is 7.14. The van der Waals surface area contributed by atoms with Crippen LogP contribution in [0.25, 0.3) is 11.3 Å². The molecule has 2 aromatic rings. The van der Waals surface area contributed by atoms with Gasteiger partial charge in [0.25, 0.3) is 0 Å². The normalized spacial score (nSPS) is 10.9. The quantitative estimate of drug-likeness (QED) is 0.800. The van der Waals surface area contributed by atoms with Crippen molar-refractivity contribution >= 4 is 11.3 Å². The van der Waals surface area contributed by atoms with E-state index in [0.29, 0.717) is 0 Å². The molecule has 0 amide bonds. The predicted molar refractivity (Wildman–Crippen MR) is 71.0 cm³/mol. The molecular weight excluding hydrogens is 232 g/mol. The maximum absolute atomic E-state index is 5.48. The van der Waals surface area contributed by atoms with Gasteiger partial charge in [-0.05, 0) is 32.7 Å². The van der Waals surface area contributed by atoms with E-state index in [1.165, 1.54) is 5.01 Å². The van der Waals surface area contributed by atoms with Crippen molar-refractivity contribution in [2.45, 2.75) is 32.7 Å². The largest absolute Gasteiger partial charge is 0.330 e. The third-order valence-electron chi connectivity index (χ3n) is 2.65. The van der Waals surface area contributed by atoms with Gasteiger partial charge in [-0.2, -0.15) is 5.10 Å². The van der Waals surface area contributed by atoms with E-state index in [4.69, 9.17) is 5.73 Å². The Labute approximate surface area is 105 Å². The third kappa shape index (κ3) is 3.14. The lowest BCUT2D eigenvalue weighted by molar-refractivity contribution is 0.660. The molecule has 2 N–H and O–H groups in total. The highest BCUT2D eigenvalue weighted by molar-refractivity contribution is 7.09. The zero-order chi connectivity index (χ0) is 12.1. The van der Waals surface area contributed by atoms with Gasteiger partial charge in [0.05, 0.1) is 16.9 Å². The Bertz CT molecular complexity index is 461. The smallest absolute Gasteiger partial charge is 0.0932 e. The average molecular weight is 250 g/mol. The maximum Gasteiger partial charge on any atom is 0.0932 e. The summed E-state index contributed by atoms with van der Waals surface area (Å²) in [7, 11) is 0. The molecule has 5 heteroatoms. The first-order valence-corrected chi connectivity index (χ1v) is 6.88. The van der Waals surface area contributed by atoms with Gasteiger partial charge in [-0.25, -0.2) is 4.98 Å². The lowest BCUT2D eigenvalue weighted by atomic mass is 10.2. The van der Waals surface area contributed by atoms with E-state index in [9.17, 15) is 0 Å². The molecule has 0 saturated carbocycles. The Kier molecular flexibility index (Phi) is 4.28. The number of hydrogen-bond acceptors (Lipinski definition) is 4.